The van der Waals surface area contributed by atoms with Gasteiger partial charge in [0, 0.05) is 48.7 Å². The summed E-state index contributed by atoms with van der Waals surface area (Å²) >= 11 is 0. The number of anilines is 2. The summed E-state index contributed by atoms with van der Waals surface area (Å²) in [5.41, 5.74) is 2.81. The maximum atomic E-state index is 10.8. The van der Waals surface area contributed by atoms with Crippen molar-refractivity contribution in [3.63, 3.8) is 0 Å². The van der Waals surface area contributed by atoms with E-state index in [0.717, 1.165) is 29.7 Å². The molecule has 0 bridgehead atoms. The van der Waals surface area contributed by atoms with Crippen molar-refractivity contribution in [2.75, 3.05) is 10.6 Å². The van der Waals surface area contributed by atoms with Gasteiger partial charge in [-0.3, -0.25) is 15.1 Å². The van der Waals surface area contributed by atoms with Crippen LogP contribution in [0.25, 0.3) is 11.3 Å². The van der Waals surface area contributed by atoms with Crippen LogP contribution in [0.5, 0.6) is 0 Å². The predicted octanol–water partition coefficient (Wildman–Crippen LogP) is 4.80. The lowest BCUT2D eigenvalue weighted by atomic mass is 9.96. The molecule has 0 amide bonds. The van der Waals surface area contributed by atoms with Crippen molar-refractivity contribution < 1.29 is 4.92 Å². The minimum absolute atomic E-state index is 0.0831. The molecule has 1 aromatic carbocycles. The van der Waals surface area contributed by atoms with Crippen LogP contribution in [0.2, 0.25) is 0 Å². The lowest BCUT2D eigenvalue weighted by Crippen LogP contribution is -2.23. The number of non-ortho nitro benzene ring substituents is 1. The number of nitrogens with zero attached hydrogens (tertiary/aromatic N) is 4. The van der Waals surface area contributed by atoms with E-state index < -0.39 is 4.92 Å². The molecule has 1 fully saturated rings. The first-order valence-corrected chi connectivity index (χ1v) is 10.2. The van der Waals surface area contributed by atoms with Gasteiger partial charge in [0.25, 0.3) is 5.69 Å². The fourth-order valence-corrected chi connectivity index (χ4v) is 3.63. The molecule has 0 spiro atoms. The van der Waals surface area contributed by atoms with Gasteiger partial charge in [-0.1, -0.05) is 31.4 Å². The van der Waals surface area contributed by atoms with Crippen LogP contribution in [-0.4, -0.2) is 25.9 Å². The van der Waals surface area contributed by atoms with E-state index in [1.807, 2.05) is 18.2 Å². The summed E-state index contributed by atoms with van der Waals surface area (Å²) in [6.07, 6.45) is 9.51. The molecule has 0 radical (unpaired) electrons. The molecule has 30 heavy (non-hydrogen) atoms. The summed E-state index contributed by atoms with van der Waals surface area (Å²) in [5.74, 6) is 1.32. The average molecular weight is 404 g/mol. The smallest absolute Gasteiger partial charge is 0.269 e. The molecule has 1 aliphatic rings. The third-order valence-electron chi connectivity index (χ3n) is 5.26. The maximum absolute atomic E-state index is 10.8. The van der Waals surface area contributed by atoms with Gasteiger partial charge in [-0.15, -0.1) is 0 Å². The van der Waals surface area contributed by atoms with Crippen LogP contribution < -0.4 is 10.6 Å². The second-order valence-electron chi connectivity index (χ2n) is 7.45. The van der Waals surface area contributed by atoms with Crippen molar-refractivity contribution in [2.24, 2.45) is 0 Å². The van der Waals surface area contributed by atoms with E-state index in [2.05, 4.69) is 20.6 Å². The number of benzene rings is 1. The molecule has 3 aromatic rings. The normalized spacial score (nSPS) is 14.3. The van der Waals surface area contributed by atoms with Crippen molar-refractivity contribution in [1.29, 1.82) is 0 Å². The van der Waals surface area contributed by atoms with E-state index in [1.54, 1.807) is 24.5 Å². The van der Waals surface area contributed by atoms with Gasteiger partial charge in [0.1, 0.15) is 5.82 Å². The van der Waals surface area contributed by atoms with E-state index in [4.69, 9.17) is 4.98 Å². The number of rotatable bonds is 7. The Morgan fingerprint density at radius 1 is 1.00 bits per heavy atom. The van der Waals surface area contributed by atoms with E-state index >= 15 is 0 Å². The molecule has 0 aliphatic heterocycles. The average Bonchev–Trinajstić information content (AvgIpc) is 2.79. The number of pyridine rings is 1. The predicted molar refractivity (Wildman–Crippen MR) is 116 cm³/mol. The summed E-state index contributed by atoms with van der Waals surface area (Å²) < 4.78 is 0. The molecule has 0 unspecified atom stereocenters. The van der Waals surface area contributed by atoms with Crippen molar-refractivity contribution in [2.45, 2.75) is 44.7 Å². The minimum atomic E-state index is -0.397. The van der Waals surface area contributed by atoms with E-state index in [9.17, 15) is 10.1 Å². The molecular weight excluding hydrogens is 380 g/mol. The number of hydrogen-bond acceptors (Lipinski definition) is 7. The highest BCUT2D eigenvalue weighted by Crippen LogP contribution is 2.24. The monoisotopic (exact) mass is 404 g/mol. The first-order chi connectivity index (χ1) is 14.7. The van der Waals surface area contributed by atoms with Gasteiger partial charge in [-0.2, -0.15) is 4.98 Å². The van der Waals surface area contributed by atoms with Crippen molar-refractivity contribution in [3.8, 4) is 11.3 Å². The molecule has 8 nitrogen and oxygen atoms in total. The summed E-state index contributed by atoms with van der Waals surface area (Å²) in [4.78, 5) is 23.9. The fourth-order valence-electron chi connectivity index (χ4n) is 3.63. The van der Waals surface area contributed by atoms with Crippen LogP contribution in [0.15, 0.2) is 54.9 Å². The van der Waals surface area contributed by atoms with Crippen molar-refractivity contribution >= 4 is 17.5 Å². The second-order valence-corrected chi connectivity index (χ2v) is 7.45. The van der Waals surface area contributed by atoms with Gasteiger partial charge >= 0.3 is 0 Å². The molecule has 2 N–H and O–H groups in total. The third kappa shape index (κ3) is 5.08. The SMILES string of the molecule is O=[N+]([O-])c1ccc(CNc2cc(-c3ccncc3)nc(NC3CCCCC3)n2)cc1. The first kappa shape index (κ1) is 19.8. The molecule has 154 valence electrons. The highest BCUT2D eigenvalue weighted by atomic mass is 16.6. The number of nitro groups is 1. The highest BCUT2D eigenvalue weighted by molar-refractivity contribution is 5.64. The second kappa shape index (κ2) is 9.30. The van der Waals surface area contributed by atoms with Crippen molar-refractivity contribution in [3.05, 3.63) is 70.5 Å². The molecule has 0 atom stereocenters. The van der Waals surface area contributed by atoms with Gasteiger partial charge in [-0.05, 0) is 30.5 Å². The highest BCUT2D eigenvalue weighted by Gasteiger charge is 2.15. The Morgan fingerprint density at radius 2 is 1.73 bits per heavy atom. The molecule has 4 rings (SSSR count). The van der Waals surface area contributed by atoms with Crippen LogP contribution in [0.1, 0.15) is 37.7 Å². The Morgan fingerprint density at radius 3 is 2.43 bits per heavy atom. The Labute approximate surface area is 175 Å². The summed E-state index contributed by atoms with van der Waals surface area (Å²) in [6.45, 7) is 0.508. The summed E-state index contributed by atoms with van der Waals surface area (Å²) in [7, 11) is 0. The van der Waals surface area contributed by atoms with Crippen LogP contribution in [0.4, 0.5) is 17.5 Å². The molecular formula is C22H24N6O2. The van der Waals surface area contributed by atoms with Gasteiger partial charge in [0.05, 0.1) is 10.6 Å². The van der Waals surface area contributed by atoms with Crippen LogP contribution in [0, 0.1) is 10.1 Å². The summed E-state index contributed by atoms with van der Waals surface area (Å²) in [6, 6.07) is 12.7. The maximum Gasteiger partial charge on any atom is 0.269 e. The minimum Gasteiger partial charge on any atom is -0.366 e. The van der Waals surface area contributed by atoms with Crippen molar-refractivity contribution in [1.82, 2.24) is 15.0 Å². The quantitative estimate of drug-likeness (QED) is 0.430. The molecule has 0 saturated heterocycles. The molecule has 2 aromatic heterocycles. The third-order valence-corrected chi connectivity index (χ3v) is 5.26. The van der Waals surface area contributed by atoms with Gasteiger partial charge in [0.2, 0.25) is 5.95 Å². The standard InChI is InChI=1S/C22H24N6O2/c29-28(30)19-8-6-16(7-9-19)15-24-21-14-20(17-10-12-23-13-11-17)26-22(27-21)25-18-4-2-1-3-5-18/h6-14,18H,1-5,15H2,(H2,24,25,26,27). The van der Waals surface area contributed by atoms with E-state index in [1.165, 1.54) is 31.4 Å². The van der Waals surface area contributed by atoms with E-state index in [0.29, 0.717) is 24.4 Å². The number of nitro benzene ring substituents is 1. The molecule has 1 saturated carbocycles. The van der Waals surface area contributed by atoms with Crippen LogP contribution >= 0.6 is 0 Å². The first-order valence-electron chi connectivity index (χ1n) is 10.2. The zero-order valence-electron chi connectivity index (χ0n) is 16.6. The molecule has 1 aliphatic carbocycles. The fraction of sp³-hybridized carbons (Fsp3) is 0.318. The van der Waals surface area contributed by atoms with E-state index in [-0.39, 0.29) is 5.69 Å². The number of hydrogen-bond donors (Lipinski definition) is 2. The molecule has 2 heterocycles. The molecule has 8 heteroatoms. The number of nitrogens with one attached hydrogen (secondary N) is 2. The summed E-state index contributed by atoms with van der Waals surface area (Å²) in [5, 5.41) is 17.6. The van der Waals surface area contributed by atoms with Gasteiger partial charge < -0.3 is 10.6 Å². The number of aromatic nitrogens is 3. The largest absolute Gasteiger partial charge is 0.366 e. The zero-order chi connectivity index (χ0) is 20.8. The Balaban J connectivity index is 1.54. The lowest BCUT2D eigenvalue weighted by Gasteiger charge is -2.23. The topological polar surface area (TPSA) is 106 Å². The Hall–Kier alpha value is -3.55. The Bertz CT molecular complexity index is 988. The lowest BCUT2D eigenvalue weighted by molar-refractivity contribution is -0.384. The van der Waals surface area contributed by atoms with Gasteiger partial charge in [-0.25, -0.2) is 4.98 Å². The van der Waals surface area contributed by atoms with Gasteiger partial charge in [0.15, 0.2) is 0 Å². The Kier molecular flexibility index (Phi) is 6.12. The van der Waals surface area contributed by atoms with Crippen LogP contribution in [0.3, 0.4) is 0 Å². The van der Waals surface area contributed by atoms with Crippen LogP contribution in [-0.2, 0) is 6.54 Å². The zero-order valence-corrected chi connectivity index (χ0v) is 16.6.